The summed E-state index contributed by atoms with van der Waals surface area (Å²) in [5.41, 5.74) is 7.18. The Labute approximate surface area is 97.4 Å². The average Bonchev–Trinajstić information content (AvgIpc) is 2.19. The molecule has 1 unspecified atom stereocenters. The van der Waals surface area contributed by atoms with Crippen LogP contribution in [0.5, 0.6) is 0 Å². The second-order valence-electron chi connectivity index (χ2n) is 4.77. The van der Waals surface area contributed by atoms with Gasteiger partial charge in [0.25, 0.3) is 0 Å². The Kier molecular flexibility index (Phi) is 4.68. The van der Waals surface area contributed by atoms with E-state index in [1.54, 1.807) is 0 Å². The van der Waals surface area contributed by atoms with Gasteiger partial charge in [-0.05, 0) is 12.1 Å². The predicted octanol–water partition coefficient (Wildman–Crippen LogP) is 3.26. The summed E-state index contributed by atoms with van der Waals surface area (Å²) in [5, 5.41) is 0. The fourth-order valence-electron chi connectivity index (χ4n) is 1.38. The van der Waals surface area contributed by atoms with Gasteiger partial charge in [0, 0.05) is 16.4 Å². The van der Waals surface area contributed by atoms with Crippen LogP contribution in [0.1, 0.15) is 32.3 Å². The van der Waals surface area contributed by atoms with Gasteiger partial charge in [-0.15, -0.1) is 0 Å². The largest absolute Gasteiger partial charge is 0.330 e. The van der Waals surface area contributed by atoms with Gasteiger partial charge in [0.15, 0.2) is 0 Å². The molecule has 1 atom stereocenters. The quantitative estimate of drug-likeness (QED) is 0.848. The highest BCUT2D eigenvalue weighted by Gasteiger charge is 2.15. The molecule has 1 aromatic carbocycles. The minimum absolute atomic E-state index is 0.322. The standard InChI is InChI=1S/C13H21NS/c1-13(2,3)15-10-12(9-14)11-7-5-4-6-8-11/h4-8,12H,9-10,14H2,1-3H3. The lowest BCUT2D eigenvalue weighted by Gasteiger charge is -2.22. The van der Waals surface area contributed by atoms with Gasteiger partial charge < -0.3 is 5.73 Å². The second kappa shape index (κ2) is 5.57. The first-order valence-electron chi connectivity index (χ1n) is 5.42. The van der Waals surface area contributed by atoms with Gasteiger partial charge in [-0.1, -0.05) is 51.1 Å². The molecule has 1 rings (SSSR count). The molecule has 84 valence electrons. The van der Waals surface area contributed by atoms with Crippen LogP contribution in [-0.4, -0.2) is 17.0 Å². The van der Waals surface area contributed by atoms with E-state index in [9.17, 15) is 0 Å². The van der Waals surface area contributed by atoms with Crippen LogP contribution in [-0.2, 0) is 0 Å². The van der Waals surface area contributed by atoms with Crippen LogP contribution in [0.15, 0.2) is 30.3 Å². The molecule has 1 nitrogen and oxygen atoms in total. The molecular formula is C13H21NS. The van der Waals surface area contributed by atoms with Crippen LogP contribution >= 0.6 is 11.8 Å². The van der Waals surface area contributed by atoms with E-state index in [2.05, 4.69) is 45.0 Å². The first-order valence-corrected chi connectivity index (χ1v) is 6.40. The number of rotatable bonds is 4. The lowest BCUT2D eigenvalue weighted by atomic mass is 10.0. The monoisotopic (exact) mass is 223 g/mol. The fourth-order valence-corrected chi connectivity index (χ4v) is 2.41. The molecule has 0 bridgehead atoms. The van der Waals surface area contributed by atoms with Crippen molar-refractivity contribution in [1.82, 2.24) is 0 Å². The van der Waals surface area contributed by atoms with Crippen LogP contribution in [0.25, 0.3) is 0 Å². The molecule has 0 fully saturated rings. The number of nitrogens with two attached hydrogens (primary N) is 1. The Morgan fingerprint density at radius 2 is 1.80 bits per heavy atom. The SMILES string of the molecule is CC(C)(C)SCC(CN)c1ccccc1. The van der Waals surface area contributed by atoms with E-state index in [1.807, 2.05) is 17.8 Å². The minimum atomic E-state index is 0.322. The van der Waals surface area contributed by atoms with Gasteiger partial charge in [-0.2, -0.15) is 11.8 Å². The van der Waals surface area contributed by atoms with E-state index in [1.165, 1.54) is 5.56 Å². The summed E-state index contributed by atoms with van der Waals surface area (Å²) in [6.07, 6.45) is 0. The van der Waals surface area contributed by atoms with Crippen molar-refractivity contribution in [2.75, 3.05) is 12.3 Å². The highest BCUT2D eigenvalue weighted by atomic mass is 32.2. The molecule has 0 saturated carbocycles. The Morgan fingerprint density at radius 3 is 2.27 bits per heavy atom. The van der Waals surface area contributed by atoms with Crippen LogP contribution in [0.3, 0.4) is 0 Å². The zero-order valence-electron chi connectivity index (χ0n) is 9.86. The van der Waals surface area contributed by atoms with Crippen molar-refractivity contribution in [2.24, 2.45) is 5.73 Å². The number of hydrogen-bond donors (Lipinski definition) is 1. The molecule has 0 aliphatic carbocycles. The van der Waals surface area contributed by atoms with Crippen LogP contribution in [0.2, 0.25) is 0 Å². The van der Waals surface area contributed by atoms with Gasteiger partial charge in [0.05, 0.1) is 0 Å². The summed E-state index contributed by atoms with van der Waals surface area (Å²) in [5.74, 6) is 1.58. The molecule has 2 N–H and O–H groups in total. The van der Waals surface area contributed by atoms with Crippen LogP contribution in [0, 0.1) is 0 Å². The zero-order valence-corrected chi connectivity index (χ0v) is 10.7. The highest BCUT2D eigenvalue weighted by Crippen LogP contribution is 2.28. The lowest BCUT2D eigenvalue weighted by molar-refractivity contribution is 0.760. The molecule has 0 radical (unpaired) electrons. The Hall–Kier alpha value is -0.470. The molecule has 0 saturated heterocycles. The van der Waals surface area contributed by atoms with Gasteiger partial charge >= 0.3 is 0 Å². The van der Waals surface area contributed by atoms with E-state index >= 15 is 0 Å². The number of benzene rings is 1. The van der Waals surface area contributed by atoms with Crippen molar-refractivity contribution in [2.45, 2.75) is 31.4 Å². The summed E-state index contributed by atoms with van der Waals surface area (Å²) in [4.78, 5) is 0. The number of thioether (sulfide) groups is 1. The fraction of sp³-hybridized carbons (Fsp3) is 0.538. The normalized spacial score (nSPS) is 13.9. The van der Waals surface area contributed by atoms with Gasteiger partial charge in [-0.25, -0.2) is 0 Å². The second-order valence-corrected chi connectivity index (χ2v) is 6.61. The molecule has 0 spiro atoms. The summed E-state index contributed by atoms with van der Waals surface area (Å²) in [6, 6.07) is 10.6. The zero-order chi connectivity index (χ0) is 11.3. The van der Waals surface area contributed by atoms with Gasteiger partial charge in [0.2, 0.25) is 0 Å². The molecule has 0 aromatic heterocycles. The van der Waals surface area contributed by atoms with Crippen molar-refractivity contribution in [3.8, 4) is 0 Å². The average molecular weight is 223 g/mol. The van der Waals surface area contributed by atoms with E-state index in [4.69, 9.17) is 5.73 Å². The third-order valence-electron chi connectivity index (χ3n) is 2.27. The molecule has 0 amide bonds. The maximum absolute atomic E-state index is 5.82. The van der Waals surface area contributed by atoms with Gasteiger partial charge in [-0.3, -0.25) is 0 Å². The minimum Gasteiger partial charge on any atom is -0.330 e. The van der Waals surface area contributed by atoms with Crippen LogP contribution in [0.4, 0.5) is 0 Å². The third kappa shape index (κ3) is 4.72. The summed E-state index contributed by atoms with van der Waals surface area (Å²) < 4.78 is 0.322. The van der Waals surface area contributed by atoms with Crippen molar-refractivity contribution in [1.29, 1.82) is 0 Å². The Balaban J connectivity index is 2.58. The Morgan fingerprint density at radius 1 is 1.20 bits per heavy atom. The smallest absolute Gasteiger partial charge is 0.00753 e. The summed E-state index contributed by atoms with van der Waals surface area (Å²) >= 11 is 1.98. The molecule has 0 aliphatic heterocycles. The molecule has 1 aromatic rings. The topological polar surface area (TPSA) is 26.0 Å². The van der Waals surface area contributed by atoms with E-state index in [0.717, 1.165) is 12.3 Å². The first kappa shape index (κ1) is 12.6. The van der Waals surface area contributed by atoms with Gasteiger partial charge in [0.1, 0.15) is 0 Å². The molecule has 2 heteroatoms. The van der Waals surface area contributed by atoms with Crippen molar-refractivity contribution in [3.63, 3.8) is 0 Å². The van der Waals surface area contributed by atoms with Crippen molar-refractivity contribution >= 4 is 11.8 Å². The summed E-state index contributed by atoms with van der Waals surface area (Å²) in [7, 11) is 0. The first-order chi connectivity index (χ1) is 7.03. The third-order valence-corrected chi connectivity index (χ3v) is 3.71. The summed E-state index contributed by atoms with van der Waals surface area (Å²) in [6.45, 7) is 7.47. The van der Waals surface area contributed by atoms with E-state index in [0.29, 0.717) is 10.7 Å². The molecule has 0 aliphatic rings. The molecular weight excluding hydrogens is 202 g/mol. The highest BCUT2D eigenvalue weighted by molar-refractivity contribution is 8.00. The van der Waals surface area contributed by atoms with Crippen molar-refractivity contribution < 1.29 is 0 Å². The molecule has 0 heterocycles. The van der Waals surface area contributed by atoms with Crippen molar-refractivity contribution in [3.05, 3.63) is 35.9 Å². The van der Waals surface area contributed by atoms with E-state index in [-0.39, 0.29) is 0 Å². The molecule has 15 heavy (non-hydrogen) atoms. The Bertz CT molecular complexity index is 276. The lowest BCUT2D eigenvalue weighted by Crippen LogP contribution is -2.18. The van der Waals surface area contributed by atoms with Crippen LogP contribution < -0.4 is 5.73 Å². The maximum atomic E-state index is 5.82. The van der Waals surface area contributed by atoms with E-state index < -0.39 is 0 Å². The maximum Gasteiger partial charge on any atom is 0.00753 e. The number of hydrogen-bond acceptors (Lipinski definition) is 2. The predicted molar refractivity (Wildman–Crippen MR) is 70.4 cm³/mol.